The van der Waals surface area contributed by atoms with Crippen LogP contribution < -0.4 is 5.32 Å². The van der Waals surface area contributed by atoms with E-state index in [4.69, 9.17) is 11.6 Å². The van der Waals surface area contributed by atoms with Crippen LogP contribution in [-0.2, 0) is 14.8 Å². The van der Waals surface area contributed by atoms with Crippen molar-refractivity contribution < 1.29 is 17.6 Å². The van der Waals surface area contributed by atoms with Crippen LogP contribution in [0.2, 0.25) is 5.02 Å². The number of hydrogen-bond donors (Lipinski definition) is 1. The van der Waals surface area contributed by atoms with Gasteiger partial charge in [-0.3, -0.25) is 4.79 Å². The third-order valence-electron chi connectivity index (χ3n) is 5.53. The predicted octanol–water partition coefficient (Wildman–Crippen LogP) is 4.23. The highest BCUT2D eigenvalue weighted by Gasteiger charge is 2.34. The lowest BCUT2D eigenvalue weighted by atomic mass is 9.97. The molecule has 9 heteroatoms. The van der Waals surface area contributed by atoms with Crippen LogP contribution >= 0.6 is 23.4 Å². The summed E-state index contributed by atoms with van der Waals surface area (Å²) >= 11 is 7.52. The molecule has 1 saturated heterocycles. The van der Waals surface area contributed by atoms with E-state index in [1.54, 1.807) is 30.0 Å². The number of amides is 1. The molecule has 1 N–H and O–H groups in total. The molecule has 0 aromatic heterocycles. The summed E-state index contributed by atoms with van der Waals surface area (Å²) in [6.07, 6.45) is 1.94. The van der Waals surface area contributed by atoms with Crippen LogP contribution in [0.3, 0.4) is 0 Å². The maximum absolute atomic E-state index is 13.7. The van der Waals surface area contributed by atoms with E-state index in [-0.39, 0.29) is 29.2 Å². The summed E-state index contributed by atoms with van der Waals surface area (Å²) in [7, 11) is -3.69. The second-order valence-corrected chi connectivity index (χ2v) is 11.0. The zero-order chi connectivity index (χ0) is 21.3. The van der Waals surface area contributed by atoms with E-state index in [0.29, 0.717) is 30.8 Å². The summed E-state index contributed by atoms with van der Waals surface area (Å²) < 4.78 is 41.0. The fourth-order valence-corrected chi connectivity index (χ4v) is 6.69. The van der Waals surface area contributed by atoms with Crippen LogP contribution in [0.25, 0.3) is 0 Å². The first-order valence-electron chi connectivity index (χ1n) is 9.83. The minimum Gasteiger partial charge on any atom is -0.349 e. The normalized spacial score (nSPS) is 22.3. The zero-order valence-corrected chi connectivity index (χ0v) is 18.6. The molecule has 1 amide bonds. The molecule has 1 fully saturated rings. The molecule has 0 saturated carbocycles. The summed E-state index contributed by atoms with van der Waals surface area (Å²) in [5, 5.41) is 3.50. The first kappa shape index (κ1) is 21.6. The fraction of sp³-hybridized carbons (Fsp3) is 0.381. The fourth-order valence-electron chi connectivity index (χ4n) is 3.94. The van der Waals surface area contributed by atoms with Gasteiger partial charge in [0.05, 0.1) is 16.9 Å². The monoisotopic (exact) mass is 468 g/mol. The summed E-state index contributed by atoms with van der Waals surface area (Å²) in [5.41, 5.74) is 0.793. The first-order chi connectivity index (χ1) is 14.3. The highest BCUT2D eigenvalue weighted by molar-refractivity contribution is 7.99. The van der Waals surface area contributed by atoms with Gasteiger partial charge >= 0.3 is 0 Å². The van der Waals surface area contributed by atoms with Gasteiger partial charge in [0.25, 0.3) is 0 Å². The maximum Gasteiger partial charge on any atom is 0.243 e. The molecule has 2 aliphatic rings. The van der Waals surface area contributed by atoms with E-state index >= 15 is 0 Å². The van der Waals surface area contributed by atoms with Gasteiger partial charge in [0, 0.05) is 28.8 Å². The molecular formula is C21H22ClFN2O3S2. The standard InChI is InChI=1S/C21H22ClFN2O3S2/c22-15-3-6-17(7-4-15)30(27,28)25-10-1-2-14(13-25)21(26)24-19-9-11-29-20-8-5-16(23)12-18(19)20/h3-8,12,14,19H,1-2,9-11,13H2,(H,24,26). The molecular weight excluding hydrogens is 447 g/mol. The molecule has 30 heavy (non-hydrogen) atoms. The van der Waals surface area contributed by atoms with E-state index < -0.39 is 15.9 Å². The third-order valence-corrected chi connectivity index (χ3v) is 8.79. The molecule has 4 rings (SSSR count). The van der Waals surface area contributed by atoms with E-state index in [0.717, 1.165) is 16.2 Å². The summed E-state index contributed by atoms with van der Waals surface area (Å²) in [6, 6.07) is 10.4. The van der Waals surface area contributed by atoms with Crippen molar-refractivity contribution in [3.05, 3.63) is 58.9 Å². The lowest BCUT2D eigenvalue weighted by Crippen LogP contribution is -2.46. The maximum atomic E-state index is 13.7. The second kappa shape index (κ2) is 8.86. The molecule has 2 atom stereocenters. The van der Waals surface area contributed by atoms with Crippen LogP contribution in [0.15, 0.2) is 52.3 Å². The minimum absolute atomic E-state index is 0.133. The van der Waals surface area contributed by atoms with Gasteiger partial charge < -0.3 is 5.32 Å². The molecule has 2 unspecified atom stereocenters. The number of sulfonamides is 1. The van der Waals surface area contributed by atoms with Gasteiger partial charge in [-0.1, -0.05) is 11.6 Å². The van der Waals surface area contributed by atoms with E-state index in [1.807, 2.05) is 0 Å². The van der Waals surface area contributed by atoms with Gasteiger partial charge in [-0.2, -0.15) is 4.31 Å². The molecule has 160 valence electrons. The number of rotatable bonds is 4. The number of hydrogen-bond acceptors (Lipinski definition) is 4. The Balaban J connectivity index is 1.47. The lowest BCUT2D eigenvalue weighted by Gasteiger charge is -2.33. The van der Waals surface area contributed by atoms with Gasteiger partial charge in [0.1, 0.15) is 5.82 Å². The number of thioether (sulfide) groups is 1. The molecule has 2 aliphatic heterocycles. The summed E-state index contributed by atoms with van der Waals surface area (Å²) in [6.45, 7) is 0.511. The number of carbonyl (C=O) groups is 1. The Morgan fingerprint density at radius 3 is 2.70 bits per heavy atom. The topological polar surface area (TPSA) is 66.5 Å². The Kier molecular flexibility index (Phi) is 6.39. The van der Waals surface area contributed by atoms with Gasteiger partial charge in [0.2, 0.25) is 15.9 Å². The van der Waals surface area contributed by atoms with E-state index in [2.05, 4.69) is 5.32 Å². The molecule has 0 aliphatic carbocycles. The van der Waals surface area contributed by atoms with Crippen molar-refractivity contribution in [3.8, 4) is 0 Å². The van der Waals surface area contributed by atoms with Crippen molar-refractivity contribution in [2.24, 2.45) is 5.92 Å². The second-order valence-electron chi connectivity index (χ2n) is 7.54. The number of halogens is 2. The van der Waals surface area contributed by atoms with Gasteiger partial charge in [0.15, 0.2) is 0 Å². The number of nitrogens with one attached hydrogen (secondary N) is 1. The number of benzene rings is 2. The van der Waals surface area contributed by atoms with Crippen LogP contribution in [-0.4, -0.2) is 37.5 Å². The highest BCUT2D eigenvalue weighted by Crippen LogP contribution is 2.37. The van der Waals surface area contributed by atoms with E-state index in [9.17, 15) is 17.6 Å². The number of nitrogens with zero attached hydrogens (tertiary/aromatic N) is 1. The predicted molar refractivity (Wildman–Crippen MR) is 116 cm³/mol. The molecule has 2 heterocycles. The van der Waals surface area contributed by atoms with Crippen molar-refractivity contribution in [1.29, 1.82) is 0 Å². The highest BCUT2D eigenvalue weighted by atomic mass is 35.5. The number of fused-ring (bicyclic) bond motifs is 1. The lowest BCUT2D eigenvalue weighted by molar-refractivity contribution is -0.126. The van der Waals surface area contributed by atoms with Crippen molar-refractivity contribution >= 4 is 39.3 Å². The van der Waals surface area contributed by atoms with Crippen LogP contribution in [0, 0.1) is 11.7 Å². The molecule has 0 radical (unpaired) electrons. The average molecular weight is 469 g/mol. The molecule has 5 nitrogen and oxygen atoms in total. The van der Waals surface area contributed by atoms with Gasteiger partial charge in [-0.15, -0.1) is 11.8 Å². The Morgan fingerprint density at radius 2 is 1.93 bits per heavy atom. The SMILES string of the molecule is O=C(NC1CCSc2ccc(F)cc21)C1CCCN(S(=O)(=O)c2ccc(Cl)cc2)C1. The minimum atomic E-state index is -3.69. The Morgan fingerprint density at radius 1 is 1.17 bits per heavy atom. The quantitative estimate of drug-likeness (QED) is 0.729. The Hall–Kier alpha value is -1.61. The van der Waals surface area contributed by atoms with Crippen molar-refractivity contribution in [1.82, 2.24) is 9.62 Å². The smallest absolute Gasteiger partial charge is 0.243 e. The summed E-state index contributed by atoms with van der Waals surface area (Å²) in [5.74, 6) is -0.107. The largest absolute Gasteiger partial charge is 0.349 e. The molecule has 2 aromatic carbocycles. The Bertz CT molecular complexity index is 1050. The van der Waals surface area contributed by atoms with Crippen molar-refractivity contribution in [2.75, 3.05) is 18.8 Å². The first-order valence-corrected chi connectivity index (χ1v) is 12.6. The van der Waals surface area contributed by atoms with Crippen LogP contribution in [0.1, 0.15) is 30.9 Å². The number of piperidine rings is 1. The summed E-state index contributed by atoms with van der Waals surface area (Å²) in [4.78, 5) is 14.1. The van der Waals surface area contributed by atoms with Gasteiger partial charge in [-0.25, -0.2) is 12.8 Å². The van der Waals surface area contributed by atoms with Crippen LogP contribution in [0.5, 0.6) is 0 Å². The molecule has 2 aromatic rings. The van der Waals surface area contributed by atoms with Crippen molar-refractivity contribution in [2.45, 2.75) is 35.1 Å². The third kappa shape index (κ3) is 4.51. The molecule has 0 spiro atoms. The average Bonchev–Trinajstić information content (AvgIpc) is 2.74. The molecule has 0 bridgehead atoms. The van der Waals surface area contributed by atoms with Crippen LogP contribution in [0.4, 0.5) is 4.39 Å². The van der Waals surface area contributed by atoms with Crippen molar-refractivity contribution in [3.63, 3.8) is 0 Å². The van der Waals surface area contributed by atoms with E-state index in [1.165, 1.54) is 28.6 Å². The Labute approximate surface area is 185 Å². The van der Waals surface area contributed by atoms with Gasteiger partial charge in [-0.05, 0) is 67.3 Å². The number of carbonyl (C=O) groups excluding carboxylic acids is 1. The zero-order valence-electron chi connectivity index (χ0n) is 16.2.